The van der Waals surface area contributed by atoms with Gasteiger partial charge in [0.1, 0.15) is 0 Å². The van der Waals surface area contributed by atoms with Crippen LogP contribution in [0.3, 0.4) is 0 Å². The Labute approximate surface area is 191 Å². The zero-order valence-electron chi connectivity index (χ0n) is 17.0. The maximum Gasteiger partial charge on any atom is 0.435 e. The van der Waals surface area contributed by atoms with Crippen LogP contribution in [0.15, 0.2) is 66.2 Å². The van der Waals surface area contributed by atoms with Crippen LogP contribution in [-0.4, -0.2) is 44.8 Å². The Hall–Kier alpha value is -3.59. The molecule has 1 aliphatic rings. The molecule has 33 heavy (non-hydrogen) atoms. The summed E-state index contributed by atoms with van der Waals surface area (Å²) < 4.78 is 41.2. The summed E-state index contributed by atoms with van der Waals surface area (Å²) in [5.74, 6) is -1.43. The van der Waals surface area contributed by atoms with E-state index >= 15 is 0 Å². The highest BCUT2D eigenvalue weighted by Gasteiger charge is 2.35. The van der Waals surface area contributed by atoms with Crippen LogP contribution in [0, 0.1) is 0 Å². The molecular weight excluding hydrogens is 459 g/mol. The fraction of sp³-hybridized carbons (Fsp3) is 0.174. The van der Waals surface area contributed by atoms with Gasteiger partial charge in [-0.2, -0.15) is 18.3 Å². The van der Waals surface area contributed by atoms with Crippen LogP contribution in [0.4, 0.5) is 13.2 Å². The number of aromatic nitrogens is 2. The van der Waals surface area contributed by atoms with E-state index in [2.05, 4.69) is 5.10 Å². The number of carbonyl (C=O) groups is 2. The number of hydrogen-bond acceptors (Lipinski definition) is 3. The van der Waals surface area contributed by atoms with Crippen molar-refractivity contribution in [3.8, 4) is 16.9 Å². The Bertz CT molecular complexity index is 1250. The van der Waals surface area contributed by atoms with Gasteiger partial charge in [0, 0.05) is 17.7 Å². The second kappa shape index (κ2) is 8.74. The van der Waals surface area contributed by atoms with Crippen LogP contribution in [0.2, 0.25) is 5.02 Å². The minimum atomic E-state index is -4.65. The number of carbonyl (C=O) groups excluding carboxylic acids is 1. The molecule has 0 atom stereocenters. The number of alkyl halides is 3. The van der Waals surface area contributed by atoms with Crippen molar-refractivity contribution >= 4 is 23.5 Å². The number of halogens is 4. The fourth-order valence-corrected chi connectivity index (χ4v) is 3.79. The Kier molecular flexibility index (Phi) is 5.99. The number of amides is 1. The van der Waals surface area contributed by atoms with Gasteiger partial charge in [-0.05, 0) is 36.8 Å². The maximum absolute atomic E-state index is 13.4. The molecule has 0 unspecified atom stereocenters. The normalized spacial score (nSPS) is 14.2. The minimum Gasteiger partial charge on any atom is -0.478 e. The zero-order chi connectivity index (χ0) is 23.8. The van der Waals surface area contributed by atoms with Crippen LogP contribution in [0.5, 0.6) is 0 Å². The molecule has 6 nitrogen and oxygen atoms in total. The summed E-state index contributed by atoms with van der Waals surface area (Å²) in [6, 6.07) is 13.4. The molecule has 0 aliphatic carbocycles. The van der Waals surface area contributed by atoms with Crippen LogP contribution >= 0.6 is 11.6 Å². The highest BCUT2D eigenvalue weighted by Crippen LogP contribution is 2.34. The molecule has 1 N–H and O–H groups in total. The van der Waals surface area contributed by atoms with Gasteiger partial charge in [0.2, 0.25) is 0 Å². The Morgan fingerprint density at radius 3 is 2.39 bits per heavy atom. The van der Waals surface area contributed by atoms with Crippen LogP contribution in [0.25, 0.3) is 16.9 Å². The summed E-state index contributed by atoms with van der Waals surface area (Å²) in [5, 5.41) is 13.1. The summed E-state index contributed by atoms with van der Waals surface area (Å²) >= 11 is 6.19. The molecule has 0 radical (unpaired) electrons. The second-order valence-electron chi connectivity index (χ2n) is 7.40. The lowest BCUT2D eigenvalue weighted by Gasteiger charge is -2.26. The monoisotopic (exact) mass is 475 g/mol. The molecule has 10 heteroatoms. The predicted molar refractivity (Wildman–Crippen MR) is 115 cm³/mol. The SMILES string of the molecule is O=C(O)C1=CCCN(C(=O)c2ccc(-c3cc(C(F)(F)F)nn3-c3ccccc3Cl)cc2)C1. The summed E-state index contributed by atoms with van der Waals surface area (Å²) in [6.07, 6.45) is -2.63. The summed E-state index contributed by atoms with van der Waals surface area (Å²) in [7, 11) is 0. The first-order valence-corrected chi connectivity index (χ1v) is 10.3. The Morgan fingerprint density at radius 2 is 1.76 bits per heavy atom. The molecular formula is C23H17ClF3N3O3. The molecule has 0 spiro atoms. The molecule has 3 aromatic rings. The molecule has 1 amide bonds. The van der Waals surface area contributed by atoms with Crippen molar-refractivity contribution in [3.05, 3.63) is 82.5 Å². The van der Waals surface area contributed by atoms with Crippen LogP contribution in [-0.2, 0) is 11.0 Å². The Morgan fingerprint density at radius 1 is 1.06 bits per heavy atom. The lowest BCUT2D eigenvalue weighted by molar-refractivity contribution is -0.141. The highest BCUT2D eigenvalue weighted by atomic mass is 35.5. The average molecular weight is 476 g/mol. The number of carboxylic acid groups (broad SMARTS) is 1. The standard InChI is InChI=1S/C23H17ClF3N3O3/c24-17-5-1-2-6-18(17)30-19(12-20(28-30)23(25,26)27)14-7-9-15(10-8-14)21(31)29-11-3-4-16(13-29)22(32)33/h1-2,4-10,12H,3,11,13H2,(H,32,33). The van der Waals surface area contributed by atoms with Gasteiger partial charge in [0.05, 0.1) is 28.5 Å². The van der Waals surface area contributed by atoms with Crippen LogP contribution < -0.4 is 0 Å². The minimum absolute atomic E-state index is 0.00978. The molecule has 2 aromatic carbocycles. The molecule has 0 saturated heterocycles. The van der Waals surface area contributed by atoms with E-state index < -0.39 is 17.8 Å². The van der Waals surface area contributed by atoms with Gasteiger partial charge in [-0.25, -0.2) is 9.48 Å². The molecule has 4 rings (SSSR count). The fourth-order valence-electron chi connectivity index (χ4n) is 3.57. The van der Waals surface area contributed by atoms with E-state index in [1.54, 1.807) is 30.3 Å². The molecule has 1 aliphatic heterocycles. The van der Waals surface area contributed by atoms with Crippen molar-refractivity contribution in [2.45, 2.75) is 12.6 Å². The third-order valence-corrected chi connectivity index (χ3v) is 5.54. The molecule has 170 valence electrons. The van der Waals surface area contributed by atoms with Gasteiger partial charge in [-0.1, -0.05) is 41.9 Å². The summed E-state index contributed by atoms with van der Waals surface area (Å²) in [6.45, 7) is 0.371. The zero-order valence-corrected chi connectivity index (χ0v) is 17.8. The Balaban J connectivity index is 1.67. The van der Waals surface area contributed by atoms with E-state index in [1.807, 2.05) is 0 Å². The lowest BCUT2D eigenvalue weighted by Crippen LogP contribution is -2.37. The van der Waals surface area contributed by atoms with Crippen LogP contribution in [0.1, 0.15) is 22.5 Å². The topological polar surface area (TPSA) is 75.4 Å². The van der Waals surface area contributed by atoms with Crippen molar-refractivity contribution in [2.24, 2.45) is 0 Å². The lowest BCUT2D eigenvalue weighted by atomic mass is 10.1. The van der Waals surface area contributed by atoms with E-state index in [4.69, 9.17) is 16.7 Å². The average Bonchev–Trinajstić information content (AvgIpc) is 3.25. The highest BCUT2D eigenvalue weighted by molar-refractivity contribution is 6.32. The van der Waals surface area contributed by atoms with E-state index in [-0.39, 0.29) is 34.4 Å². The number of hydrogen-bond donors (Lipinski definition) is 1. The quantitative estimate of drug-likeness (QED) is 0.571. The van der Waals surface area contributed by atoms with Gasteiger partial charge in [-0.15, -0.1) is 0 Å². The van der Waals surface area contributed by atoms with Crippen molar-refractivity contribution in [1.82, 2.24) is 14.7 Å². The maximum atomic E-state index is 13.4. The van der Waals surface area contributed by atoms with Crippen molar-refractivity contribution in [1.29, 1.82) is 0 Å². The summed E-state index contributed by atoms with van der Waals surface area (Å²) in [4.78, 5) is 25.4. The summed E-state index contributed by atoms with van der Waals surface area (Å²) in [5.41, 5.74) is 0.215. The number of rotatable bonds is 4. The first-order valence-electron chi connectivity index (χ1n) is 9.89. The van der Waals surface area contributed by atoms with E-state index in [1.165, 1.54) is 29.2 Å². The molecule has 0 fully saturated rings. The van der Waals surface area contributed by atoms with Crippen molar-refractivity contribution < 1.29 is 27.9 Å². The van der Waals surface area contributed by atoms with Crippen molar-refractivity contribution in [2.75, 3.05) is 13.1 Å². The van der Waals surface area contributed by atoms with Gasteiger partial charge in [-0.3, -0.25) is 4.79 Å². The predicted octanol–water partition coefficient (Wildman–Crippen LogP) is 5.07. The first-order chi connectivity index (χ1) is 15.6. The van der Waals surface area contributed by atoms with E-state index in [9.17, 15) is 22.8 Å². The number of benzene rings is 2. The third kappa shape index (κ3) is 4.63. The number of nitrogens with zero attached hydrogens (tertiary/aromatic N) is 3. The molecule has 1 aromatic heterocycles. The number of aliphatic carboxylic acids is 1. The molecule has 0 bridgehead atoms. The largest absolute Gasteiger partial charge is 0.478 e. The first kappa shape index (κ1) is 22.6. The van der Waals surface area contributed by atoms with Gasteiger partial charge >= 0.3 is 12.1 Å². The second-order valence-corrected chi connectivity index (χ2v) is 7.81. The number of para-hydroxylation sites is 1. The van der Waals surface area contributed by atoms with E-state index in [0.717, 1.165) is 10.7 Å². The molecule has 0 saturated carbocycles. The smallest absolute Gasteiger partial charge is 0.435 e. The van der Waals surface area contributed by atoms with Gasteiger partial charge < -0.3 is 10.0 Å². The number of carboxylic acids is 1. The van der Waals surface area contributed by atoms with E-state index in [0.29, 0.717) is 24.1 Å². The third-order valence-electron chi connectivity index (χ3n) is 5.22. The molecule has 2 heterocycles. The van der Waals surface area contributed by atoms with Crippen molar-refractivity contribution in [3.63, 3.8) is 0 Å². The van der Waals surface area contributed by atoms with Gasteiger partial charge in [0.25, 0.3) is 5.91 Å². The van der Waals surface area contributed by atoms with Gasteiger partial charge in [0.15, 0.2) is 5.69 Å².